The van der Waals surface area contributed by atoms with Gasteiger partial charge in [0.1, 0.15) is 11.5 Å². The smallest absolute Gasteiger partial charge is 0.142 e. The molecular formula is C14H14BrNOS. The molecule has 0 aliphatic rings. The predicted molar refractivity (Wildman–Crippen MR) is 81.6 cm³/mol. The largest absolute Gasteiger partial charge is 0.456 e. The number of rotatable bonds is 3. The molecule has 0 aromatic heterocycles. The second-order valence-corrected chi connectivity index (χ2v) is 5.65. The molecule has 0 bridgehead atoms. The van der Waals surface area contributed by atoms with Crippen LogP contribution in [0.2, 0.25) is 0 Å². The van der Waals surface area contributed by atoms with Crippen LogP contribution in [0.15, 0.2) is 45.8 Å². The van der Waals surface area contributed by atoms with Crippen LogP contribution in [-0.4, -0.2) is 6.26 Å². The predicted octanol–water partition coefficient (Wildman–Crippen LogP) is 4.85. The minimum Gasteiger partial charge on any atom is -0.456 e. The van der Waals surface area contributed by atoms with Crippen molar-refractivity contribution in [3.05, 3.63) is 46.4 Å². The molecule has 0 fully saturated rings. The van der Waals surface area contributed by atoms with Crippen LogP contribution in [0.4, 0.5) is 5.69 Å². The van der Waals surface area contributed by atoms with Crippen molar-refractivity contribution in [2.75, 3.05) is 12.0 Å². The summed E-state index contributed by atoms with van der Waals surface area (Å²) in [5, 5.41) is 0. The van der Waals surface area contributed by atoms with Gasteiger partial charge in [-0.25, -0.2) is 0 Å². The lowest BCUT2D eigenvalue weighted by Crippen LogP contribution is -1.92. The number of anilines is 1. The van der Waals surface area contributed by atoms with Crippen molar-refractivity contribution in [1.82, 2.24) is 0 Å². The van der Waals surface area contributed by atoms with Gasteiger partial charge in [0, 0.05) is 10.6 Å². The van der Waals surface area contributed by atoms with Crippen LogP contribution >= 0.6 is 27.7 Å². The van der Waals surface area contributed by atoms with E-state index in [-0.39, 0.29) is 0 Å². The lowest BCUT2D eigenvalue weighted by molar-refractivity contribution is 0.479. The van der Waals surface area contributed by atoms with Gasteiger partial charge in [0.05, 0.1) is 4.47 Å². The number of nitrogens with two attached hydrogens (primary N) is 1. The molecule has 2 nitrogen and oxygen atoms in total. The van der Waals surface area contributed by atoms with Crippen molar-refractivity contribution in [2.24, 2.45) is 0 Å². The molecule has 0 saturated carbocycles. The van der Waals surface area contributed by atoms with Gasteiger partial charge in [0.2, 0.25) is 0 Å². The quantitative estimate of drug-likeness (QED) is 0.647. The number of aryl methyl sites for hydroxylation is 1. The van der Waals surface area contributed by atoms with Gasteiger partial charge in [-0.05, 0) is 71.1 Å². The van der Waals surface area contributed by atoms with Crippen LogP contribution in [0.3, 0.4) is 0 Å². The monoisotopic (exact) mass is 323 g/mol. The topological polar surface area (TPSA) is 35.2 Å². The fourth-order valence-electron chi connectivity index (χ4n) is 1.52. The molecule has 0 unspecified atom stereocenters. The maximum atomic E-state index is 5.83. The Morgan fingerprint density at radius 3 is 2.44 bits per heavy atom. The second-order valence-electron chi connectivity index (χ2n) is 3.92. The molecule has 18 heavy (non-hydrogen) atoms. The zero-order valence-corrected chi connectivity index (χ0v) is 12.6. The molecule has 0 aliphatic heterocycles. The normalized spacial score (nSPS) is 10.4. The summed E-state index contributed by atoms with van der Waals surface area (Å²) in [6, 6.07) is 11.8. The van der Waals surface area contributed by atoms with Gasteiger partial charge in [-0.15, -0.1) is 11.8 Å². The van der Waals surface area contributed by atoms with E-state index < -0.39 is 0 Å². The number of nitrogen functional groups attached to an aromatic ring is 1. The summed E-state index contributed by atoms with van der Waals surface area (Å²) in [4.78, 5) is 1.22. The van der Waals surface area contributed by atoms with Crippen LogP contribution in [0.1, 0.15) is 5.56 Å². The van der Waals surface area contributed by atoms with Gasteiger partial charge in [-0.3, -0.25) is 0 Å². The van der Waals surface area contributed by atoms with Gasteiger partial charge in [-0.2, -0.15) is 0 Å². The number of hydrogen-bond donors (Lipinski definition) is 1. The Hall–Kier alpha value is -1.13. The summed E-state index contributed by atoms with van der Waals surface area (Å²) < 4.78 is 6.69. The Labute approximate surface area is 120 Å². The molecule has 4 heteroatoms. The standard InChI is InChI=1S/C14H14BrNOS/c1-9-7-14(12(15)8-13(9)16)17-10-3-5-11(18-2)6-4-10/h3-8H,16H2,1-2H3. The van der Waals surface area contributed by atoms with E-state index in [1.807, 2.05) is 43.3 Å². The molecule has 0 radical (unpaired) electrons. The van der Waals surface area contributed by atoms with Gasteiger partial charge in [-0.1, -0.05) is 0 Å². The average molecular weight is 324 g/mol. The van der Waals surface area contributed by atoms with E-state index in [4.69, 9.17) is 10.5 Å². The van der Waals surface area contributed by atoms with E-state index in [0.29, 0.717) is 0 Å². The molecule has 94 valence electrons. The lowest BCUT2D eigenvalue weighted by atomic mass is 10.2. The molecule has 0 spiro atoms. The first kappa shape index (κ1) is 13.3. The number of benzene rings is 2. The van der Waals surface area contributed by atoms with Crippen LogP contribution in [0, 0.1) is 6.92 Å². The zero-order valence-electron chi connectivity index (χ0n) is 10.2. The SMILES string of the molecule is CSc1ccc(Oc2cc(C)c(N)cc2Br)cc1. The Balaban J connectivity index is 2.25. The maximum absolute atomic E-state index is 5.83. The fraction of sp³-hybridized carbons (Fsp3) is 0.143. The first-order valence-electron chi connectivity index (χ1n) is 5.47. The maximum Gasteiger partial charge on any atom is 0.142 e. The molecular weight excluding hydrogens is 310 g/mol. The first-order chi connectivity index (χ1) is 8.60. The van der Waals surface area contributed by atoms with Crippen molar-refractivity contribution in [1.29, 1.82) is 0 Å². The van der Waals surface area contributed by atoms with Gasteiger partial charge in [0.15, 0.2) is 0 Å². The molecule has 0 saturated heterocycles. The molecule has 0 aliphatic carbocycles. The lowest BCUT2D eigenvalue weighted by Gasteiger charge is -2.10. The van der Waals surface area contributed by atoms with Crippen LogP contribution < -0.4 is 10.5 Å². The summed E-state index contributed by atoms with van der Waals surface area (Å²) >= 11 is 5.17. The Kier molecular flexibility index (Phi) is 4.19. The number of hydrogen-bond acceptors (Lipinski definition) is 3. The third-order valence-corrected chi connectivity index (χ3v) is 3.97. The minimum atomic E-state index is 0.756. The minimum absolute atomic E-state index is 0.756. The molecule has 2 aromatic rings. The number of thioether (sulfide) groups is 1. The van der Waals surface area contributed by atoms with E-state index in [2.05, 4.69) is 22.2 Å². The van der Waals surface area contributed by atoms with Crippen LogP contribution in [-0.2, 0) is 0 Å². The summed E-state index contributed by atoms with van der Waals surface area (Å²) in [6.07, 6.45) is 2.05. The summed E-state index contributed by atoms with van der Waals surface area (Å²) in [7, 11) is 0. The highest BCUT2D eigenvalue weighted by atomic mass is 79.9. The van der Waals surface area contributed by atoms with Crippen LogP contribution in [0.5, 0.6) is 11.5 Å². The molecule has 0 heterocycles. The van der Waals surface area contributed by atoms with E-state index in [1.165, 1.54) is 4.90 Å². The summed E-state index contributed by atoms with van der Waals surface area (Å²) in [5.74, 6) is 1.59. The van der Waals surface area contributed by atoms with Gasteiger partial charge in [0.25, 0.3) is 0 Å². The Morgan fingerprint density at radius 1 is 1.17 bits per heavy atom. The molecule has 0 atom stereocenters. The van der Waals surface area contributed by atoms with E-state index in [0.717, 1.165) is 27.2 Å². The van der Waals surface area contributed by atoms with Crippen molar-refractivity contribution in [2.45, 2.75) is 11.8 Å². The van der Waals surface area contributed by atoms with Crippen molar-refractivity contribution >= 4 is 33.4 Å². The molecule has 0 amide bonds. The summed E-state index contributed by atoms with van der Waals surface area (Å²) in [5.41, 5.74) is 7.60. The highest BCUT2D eigenvalue weighted by Crippen LogP contribution is 2.33. The third kappa shape index (κ3) is 3.00. The van der Waals surface area contributed by atoms with E-state index in [9.17, 15) is 0 Å². The van der Waals surface area contributed by atoms with E-state index >= 15 is 0 Å². The number of halogens is 1. The van der Waals surface area contributed by atoms with Crippen LogP contribution in [0.25, 0.3) is 0 Å². The second kappa shape index (κ2) is 5.67. The highest BCUT2D eigenvalue weighted by Gasteiger charge is 2.06. The van der Waals surface area contributed by atoms with E-state index in [1.54, 1.807) is 11.8 Å². The number of ether oxygens (including phenoxy) is 1. The zero-order chi connectivity index (χ0) is 13.1. The molecule has 2 aromatic carbocycles. The summed E-state index contributed by atoms with van der Waals surface area (Å²) in [6.45, 7) is 1.96. The van der Waals surface area contributed by atoms with Gasteiger partial charge < -0.3 is 10.5 Å². The van der Waals surface area contributed by atoms with Crippen molar-refractivity contribution in [3.63, 3.8) is 0 Å². The Morgan fingerprint density at radius 2 is 1.83 bits per heavy atom. The Bertz CT molecular complexity index is 554. The van der Waals surface area contributed by atoms with Crippen molar-refractivity contribution in [3.8, 4) is 11.5 Å². The fourth-order valence-corrected chi connectivity index (χ4v) is 2.37. The first-order valence-corrected chi connectivity index (χ1v) is 7.49. The van der Waals surface area contributed by atoms with Gasteiger partial charge >= 0.3 is 0 Å². The molecule has 2 N–H and O–H groups in total. The average Bonchev–Trinajstić information content (AvgIpc) is 2.37. The third-order valence-electron chi connectivity index (χ3n) is 2.61. The van der Waals surface area contributed by atoms with Crippen molar-refractivity contribution < 1.29 is 4.74 Å². The molecule has 2 rings (SSSR count). The highest BCUT2D eigenvalue weighted by molar-refractivity contribution is 9.10.